The van der Waals surface area contributed by atoms with E-state index in [-0.39, 0.29) is 0 Å². The van der Waals surface area contributed by atoms with Crippen LogP contribution < -0.4 is 0 Å². The molecule has 4 heteroatoms. The van der Waals surface area contributed by atoms with Crippen molar-refractivity contribution < 1.29 is 18.9 Å². The molecule has 2 rings (SSSR count). The molecule has 0 spiro atoms. The summed E-state index contributed by atoms with van der Waals surface area (Å²) in [7, 11) is 0. The highest BCUT2D eigenvalue weighted by Gasteiger charge is 2.39. The zero-order valence-corrected chi connectivity index (χ0v) is 14.5. The molecule has 2 aliphatic heterocycles. The summed E-state index contributed by atoms with van der Waals surface area (Å²) in [6.07, 6.45) is 7.47. The van der Waals surface area contributed by atoms with E-state index in [0.29, 0.717) is 24.0 Å². The molecule has 2 aliphatic rings. The minimum Gasteiger partial charge on any atom is -0.380 e. The van der Waals surface area contributed by atoms with E-state index in [9.17, 15) is 0 Å². The van der Waals surface area contributed by atoms with Crippen LogP contribution >= 0.6 is 0 Å². The van der Waals surface area contributed by atoms with Gasteiger partial charge in [0.05, 0.1) is 52.9 Å². The Morgan fingerprint density at radius 2 is 1.14 bits per heavy atom. The first kappa shape index (κ1) is 18.2. The van der Waals surface area contributed by atoms with Crippen LogP contribution in [-0.4, -0.2) is 52.9 Å². The van der Waals surface area contributed by atoms with Crippen LogP contribution in [0, 0.1) is 10.8 Å². The lowest BCUT2D eigenvalue weighted by molar-refractivity contribution is -0.167. The molecule has 0 bridgehead atoms. The van der Waals surface area contributed by atoms with Crippen molar-refractivity contribution in [3.8, 4) is 0 Å². The predicted molar refractivity (Wildman–Crippen MR) is 87.2 cm³/mol. The van der Waals surface area contributed by atoms with Gasteiger partial charge in [0.25, 0.3) is 0 Å². The van der Waals surface area contributed by atoms with E-state index in [0.717, 1.165) is 39.6 Å². The van der Waals surface area contributed by atoms with Crippen LogP contribution in [0.5, 0.6) is 0 Å². The summed E-state index contributed by atoms with van der Waals surface area (Å²) in [5.74, 6) is 0. The minimum atomic E-state index is 0.292. The zero-order chi connectivity index (χ0) is 15.7. The third kappa shape index (κ3) is 5.19. The summed E-state index contributed by atoms with van der Waals surface area (Å²) in [4.78, 5) is 0. The molecule has 0 saturated carbocycles. The van der Waals surface area contributed by atoms with E-state index >= 15 is 0 Å². The molecule has 0 aromatic heterocycles. The molecule has 2 heterocycles. The summed E-state index contributed by atoms with van der Waals surface area (Å²) >= 11 is 0. The van der Waals surface area contributed by atoms with Gasteiger partial charge >= 0.3 is 0 Å². The van der Waals surface area contributed by atoms with Crippen molar-refractivity contribution >= 4 is 0 Å². The quantitative estimate of drug-likeness (QED) is 0.488. The van der Waals surface area contributed by atoms with E-state index in [2.05, 4.69) is 13.8 Å². The number of hydrogen-bond acceptors (Lipinski definition) is 4. The molecule has 0 N–H and O–H groups in total. The lowest BCUT2D eigenvalue weighted by Gasteiger charge is -2.42. The van der Waals surface area contributed by atoms with E-state index in [4.69, 9.17) is 18.9 Å². The first-order valence-corrected chi connectivity index (χ1v) is 9.05. The molecular formula is C18H34O4. The van der Waals surface area contributed by atoms with Crippen LogP contribution in [0.4, 0.5) is 0 Å². The van der Waals surface area contributed by atoms with E-state index < -0.39 is 0 Å². The third-order valence-corrected chi connectivity index (χ3v) is 4.94. The molecule has 0 amide bonds. The predicted octanol–water partition coefficient (Wildman–Crippen LogP) is 3.43. The van der Waals surface area contributed by atoms with Crippen LogP contribution in [0.3, 0.4) is 0 Å². The highest BCUT2D eigenvalue weighted by Crippen LogP contribution is 2.34. The Morgan fingerprint density at radius 3 is 1.41 bits per heavy atom. The van der Waals surface area contributed by atoms with Crippen molar-refractivity contribution in [2.45, 2.75) is 52.4 Å². The molecule has 0 aromatic rings. The van der Waals surface area contributed by atoms with Crippen LogP contribution in [0.1, 0.15) is 52.4 Å². The second kappa shape index (κ2) is 9.21. The average Bonchev–Trinajstić information content (AvgIpc) is 2.45. The van der Waals surface area contributed by atoms with Crippen molar-refractivity contribution in [3.05, 3.63) is 0 Å². The van der Waals surface area contributed by atoms with Gasteiger partial charge in [-0.2, -0.15) is 0 Å². The first-order valence-electron chi connectivity index (χ1n) is 9.05. The Balaban J connectivity index is 1.52. The lowest BCUT2D eigenvalue weighted by Crippen LogP contribution is -2.47. The Labute approximate surface area is 135 Å². The smallest absolute Gasteiger partial charge is 0.0700 e. The molecule has 0 aliphatic carbocycles. The fraction of sp³-hybridized carbons (Fsp3) is 1.00. The van der Waals surface area contributed by atoms with E-state index in [1.165, 1.54) is 38.5 Å². The van der Waals surface area contributed by atoms with Gasteiger partial charge in [0.2, 0.25) is 0 Å². The average molecular weight is 314 g/mol. The van der Waals surface area contributed by atoms with Gasteiger partial charge in [-0.1, -0.05) is 39.5 Å². The number of rotatable bonds is 13. The monoisotopic (exact) mass is 314 g/mol. The van der Waals surface area contributed by atoms with E-state index in [1.807, 2.05) is 0 Å². The largest absolute Gasteiger partial charge is 0.380 e. The van der Waals surface area contributed by atoms with Gasteiger partial charge < -0.3 is 18.9 Å². The maximum absolute atomic E-state index is 5.85. The second-order valence-corrected chi connectivity index (χ2v) is 7.30. The number of hydrogen-bond donors (Lipinski definition) is 0. The van der Waals surface area contributed by atoms with Crippen molar-refractivity contribution in [2.75, 3.05) is 52.9 Å². The van der Waals surface area contributed by atoms with Gasteiger partial charge in [-0.05, 0) is 12.8 Å². The maximum atomic E-state index is 5.85. The van der Waals surface area contributed by atoms with Crippen LogP contribution in [0.15, 0.2) is 0 Å². The van der Waals surface area contributed by atoms with Crippen LogP contribution in [0.25, 0.3) is 0 Å². The van der Waals surface area contributed by atoms with Crippen molar-refractivity contribution in [1.82, 2.24) is 0 Å². The van der Waals surface area contributed by atoms with Crippen molar-refractivity contribution in [3.63, 3.8) is 0 Å². The molecule has 0 atom stereocenters. The molecule has 4 nitrogen and oxygen atoms in total. The van der Waals surface area contributed by atoms with Crippen LogP contribution in [-0.2, 0) is 18.9 Å². The van der Waals surface area contributed by atoms with E-state index in [1.54, 1.807) is 0 Å². The van der Waals surface area contributed by atoms with Gasteiger partial charge in [0.1, 0.15) is 0 Å². The Bertz CT molecular complexity index is 267. The van der Waals surface area contributed by atoms with Gasteiger partial charge in [-0.3, -0.25) is 0 Å². The fourth-order valence-electron chi connectivity index (χ4n) is 3.18. The summed E-state index contributed by atoms with van der Waals surface area (Å²) in [6.45, 7) is 11.0. The highest BCUT2D eigenvalue weighted by atomic mass is 16.5. The molecule has 0 aromatic carbocycles. The standard InChI is InChI=1S/C18H34O4/c1-3-5-7-17(13-21-14-17)11-19-9-10-20-12-18(8-6-4-2)15-22-16-18/h3-16H2,1-2H3. The Morgan fingerprint density at radius 1 is 0.727 bits per heavy atom. The SMILES string of the molecule is CCCCC1(COCCOCC2(CCCC)COC2)COC1. The normalized spacial score (nSPS) is 22.1. The Kier molecular flexibility index (Phi) is 7.61. The molecule has 2 fully saturated rings. The topological polar surface area (TPSA) is 36.9 Å². The second-order valence-electron chi connectivity index (χ2n) is 7.30. The number of unbranched alkanes of at least 4 members (excludes halogenated alkanes) is 2. The Hall–Kier alpha value is -0.160. The van der Waals surface area contributed by atoms with Crippen molar-refractivity contribution in [1.29, 1.82) is 0 Å². The van der Waals surface area contributed by atoms with Gasteiger partial charge in [-0.25, -0.2) is 0 Å². The zero-order valence-electron chi connectivity index (χ0n) is 14.5. The minimum absolute atomic E-state index is 0.292. The fourth-order valence-corrected chi connectivity index (χ4v) is 3.18. The molecule has 0 unspecified atom stereocenters. The molecule has 0 radical (unpaired) electrons. The molecule has 2 saturated heterocycles. The summed E-state index contributed by atoms with van der Waals surface area (Å²) in [5.41, 5.74) is 0.584. The molecule has 130 valence electrons. The lowest BCUT2D eigenvalue weighted by atomic mass is 9.82. The highest BCUT2D eigenvalue weighted by molar-refractivity contribution is 4.86. The van der Waals surface area contributed by atoms with Crippen molar-refractivity contribution in [2.24, 2.45) is 10.8 Å². The first-order chi connectivity index (χ1) is 10.7. The van der Waals surface area contributed by atoms with Gasteiger partial charge in [-0.15, -0.1) is 0 Å². The van der Waals surface area contributed by atoms with Gasteiger partial charge in [0, 0.05) is 10.8 Å². The molecule has 22 heavy (non-hydrogen) atoms. The maximum Gasteiger partial charge on any atom is 0.0700 e. The summed E-state index contributed by atoms with van der Waals surface area (Å²) in [5, 5.41) is 0. The van der Waals surface area contributed by atoms with Crippen LogP contribution in [0.2, 0.25) is 0 Å². The summed E-state index contributed by atoms with van der Waals surface area (Å²) in [6, 6.07) is 0. The summed E-state index contributed by atoms with van der Waals surface area (Å²) < 4.78 is 22.5. The molecular weight excluding hydrogens is 280 g/mol. The number of ether oxygens (including phenoxy) is 4. The third-order valence-electron chi connectivity index (χ3n) is 4.94. The van der Waals surface area contributed by atoms with Gasteiger partial charge in [0.15, 0.2) is 0 Å².